The van der Waals surface area contributed by atoms with Crippen molar-refractivity contribution in [1.82, 2.24) is 0 Å². The minimum absolute atomic E-state index is 0. The minimum atomic E-state index is -2.32. The van der Waals surface area contributed by atoms with Crippen LogP contribution in [0.3, 0.4) is 0 Å². The van der Waals surface area contributed by atoms with Gasteiger partial charge in [0.1, 0.15) is 0 Å². The van der Waals surface area contributed by atoms with E-state index in [1.807, 2.05) is 0 Å². The quantitative estimate of drug-likeness (QED) is 0.426. The number of halogens is 2. The average Bonchev–Trinajstić information content (AvgIpc) is 3.63. The number of fused-ring (bicyclic) bond motifs is 5. The molecule has 0 unspecified atom stereocenters. The van der Waals surface area contributed by atoms with Gasteiger partial charge in [0.2, 0.25) is 0 Å². The molecule has 4 aliphatic carbocycles. The molecule has 0 saturated carbocycles. The Kier molecular flexibility index (Phi) is 7.13. The van der Waals surface area contributed by atoms with Crippen LogP contribution in [0.25, 0.3) is 23.3 Å². The summed E-state index contributed by atoms with van der Waals surface area (Å²) in [5, 5.41) is 0. The fourth-order valence-corrected chi connectivity index (χ4v) is 14.2. The first-order valence-electron chi connectivity index (χ1n) is 13.2. The van der Waals surface area contributed by atoms with Gasteiger partial charge in [0.25, 0.3) is 0 Å². The van der Waals surface area contributed by atoms with Gasteiger partial charge in [-0.3, -0.25) is 0 Å². The molecule has 3 aromatic carbocycles. The Hall–Kier alpha value is -2.05. The van der Waals surface area contributed by atoms with Crippen molar-refractivity contribution >= 4 is 15.9 Å². The van der Waals surface area contributed by atoms with E-state index in [4.69, 9.17) is 0 Å². The fraction of sp³-hybridized carbons (Fsp3) is 0.229. The van der Waals surface area contributed by atoms with Crippen molar-refractivity contribution in [1.29, 1.82) is 0 Å². The summed E-state index contributed by atoms with van der Waals surface area (Å²) in [4.78, 5) is 0. The number of hydrogen-bond donors (Lipinski definition) is 0. The summed E-state index contributed by atoms with van der Waals surface area (Å²) < 4.78 is 4.94. The third-order valence-electron chi connectivity index (χ3n) is 8.68. The zero-order valence-electron chi connectivity index (χ0n) is 22.4. The maximum absolute atomic E-state index is 2.72. The Bertz CT molecular complexity index is 1520. The molecule has 0 saturated heterocycles. The molecule has 0 nitrogen and oxygen atoms in total. The van der Waals surface area contributed by atoms with Crippen LogP contribution in [0.2, 0.25) is 0 Å². The Morgan fingerprint density at radius 2 is 1.32 bits per heavy atom. The van der Waals surface area contributed by atoms with Crippen molar-refractivity contribution in [2.45, 2.75) is 48.6 Å². The topological polar surface area (TPSA) is 0 Å². The van der Waals surface area contributed by atoms with Crippen molar-refractivity contribution in [3.8, 4) is 11.1 Å². The van der Waals surface area contributed by atoms with Gasteiger partial charge in [-0.15, -0.1) is 0 Å². The summed E-state index contributed by atoms with van der Waals surface area (Å²) in [5.74, 6) is 0. The maximum atomic E-state index is 2.72. The number of hydrogen-bond acceptors (Lipinski definition) is 0. The predicted molar refractivity (Wildman–Crippen MR) is 151 cm³/mol. The molecular formula is C35H32Cl2Zr. The van der Waals surface area contributed by atoms with Crippen LogP contribution in [-0.2, 0) is 32.1 Å². The van der Waals surface area contributed by atoms with Gasteiger partial charge in [-0.2, -0.15) is 0 Å². The minimum Gasteiger partial charge on any atom is -1.00 e. The number of allylic oxidation sites excluding steroid dienone is 6. The van der Waals surface area contributed by atoms with E-state index in [-0.39, 0.29) is 35.6 Å². The van der Waals surface area contributed by atoms with E-state index in [1.165, 1.54) is 38.9 Å². The zero-order valence-corrected chi connectivity index (χ0v) is 26.3. The summed E-state index contributed by atoms with van der Waals surface area (Å²) in [7, 11) is 0. The van der Waals surface area contributed by atoms with Gasteiger partial charge in [0.15, 0.2) is 0 Å². The van der Waals surface area contributed by atoms with Gasteiger partial charge in [-0.05, 0) is 0 Å². The standard InChI is InChI=1S/C23H21.C7H6.C5H5.2ClH.Zr/c1-22(2)7-5-14-10-18-16(12-20(14)22)9-17-13-21-15(11-19(17)18)6-8-23(21,3)4;1-7-5-3-2-4-6-7;1-2-4-5-3-1;;;/h5-13H,1-4H3;1-6H;1-3H,4H2;2*1H;/q;;;;;+2/p-2. The van der Waals surface area contributed by atoms with Crippen molar-refractivity contribution < 1.29 is 46.1 Å². The summed E-state index contributed by atoms with van der Waals surface area (Å²) >= 11 is -2.32. The van der Waals surface area contributed by atoms with E-state index >= 15 is 0 Å². The molecule has 3 aromatic rings. The second-order valence-corrected chi connectivity index (χ2v) is 17.9. The average molecular weight is 615 g/mol. The molecular weight excluding hydrogens is 583 g/mol. The molecule has 190 valence electrons. The van der Waals surface area contributed by atoms with E-state index in [0.717, 1.165) is 6.42 Å². The molecule has 0 atom stereocenters. The van der Waals surface area contributed by atoms with Crippen molar-refractivity contribution in [3.63, 3.8) is 0 Å². The van der Waals surface area contributed by atoms with E-state index < -0.39 is 21.3 Å². The summed E-state index contributed by atoms with van der Waals surface area (Å²) in [6.07, 6.45) is 17.7. The molecule has 0 fully saturated rings. The number of rotatable bonds is 3. The smallest absolute Gasteiger partial charge is 1.00 e. The molecule has 38 heavy (non-hydrogen) atoms. The third-order valence-corrected chi connectivity index (χ3v) is 16.1. The van der Waals surface area contributed by atoms with Crippen LogP contribution in [0.1, 0.15) is 76.7 Å². The van der Waals surface area contributed by atoms with Gasteiger partial charge in [0, 0.05) is 0 Å². The SMILES string of the molecule is CC1(C)C=Cc2cc3c(cc21)[CH](/[Zr+2](=[CH]/c1ccccc1)[C]1=CC=CC1)c1cc2c(cc1-3)C=CC2(C)C.[Cl-].[Cl-]. The molecule has 4 aliphatic rings. The van der Waals surface area contributed by atoms with E-state index in [2.05, 4.69) is 129 Å². The summed E-state index contributed by atoms with van der Waals surface area (Å²) in [5.41, 5.74) is 13.5. The zero-order chi connectivity index (χ0) is 24.7. The van der Waals surface area contributed by atoms with Crippen LogP contribution in [0.15, 0.2) is 88.3 Å². The first kappa shape index (κ1) is 27.5. The van der Waals surface area contributed by atoms with Gasteiger partial charge in [-0.1, -0.05) is 0 Å². The van der Waals surface area contributed by atoms with Crippen LogP contribution in [0, 0.1) is 0 Å². The molecule has 0 N–H and O–H groups in total. The van der Waals surface area contributed by atoms with Gasteiger partial charge in [-0.25, -0.2) is 0 Å². The van der Waals surface area contributed by atoms with Crippen LogP contribution >= 0.6 is 0 Å². The fourth-order valence-electron chi connectivity index (χ4n) is 6.63. The first-order chi connectivity index (χ1) is 17.3. The molecule has 3 heteroatoms. The molecule has 7 rings (SSSR count). The van der Waals surface area contributed by atoms with Gasteiger partial charge >= 0.3 is 224 Å². The van der Waals surface area contributed by atoms with Crippen LogP contribution in [0.5, 0.6) is 0 Å². The van der Waals surface area contributed by atoms with E-state index in [9.17, 15) is 0 Å². The molecule has 0 aromatic heterocycles. The monoisotopic (exact) mass is 612 g/mol. The second kappa shape index (κ2) is 9.85. The van der Waals surface area contributed by atoms with E-state index in [0.29, 0.717) is 3.63 Å². The van der Waals surface area contributed by atoms with Crippen LogP contribution in [0.4, 0.5) is 0 Å². The maximum Gasteiger partial charge on any atom is -1.00 e. The molecule has 0 bridgehead atoms. The van der Waals surface area contributed by atoms with Crippen LogP contribution in [-0.4, -0.2) is 3.71 Å². The molecule has 0 aliphatic heterocycles. The Balaban J connectivity index is 0.00000147. The van der Waals surface area contributed by atoms with Gasteiger partial charge in [0.05, 0.1) is 0 Å². The third kappa shape index (κ3) is 4.27. The molecule has 0 radical (unpaired) electrons. The van der Waals surface area contributed by atoms with Crippen molar-refractivity contribution in [3.05, 3.63) is 127 Å². The Morgan fingerprint density at radius 3 is 1.82 bits per heavy atom. The van der Waals surface area contributed by atoms with Crippen LogP contribution < -0.4 is 24.8 Å². The molecule has 0 amide bonds. The first-order valence-corrected chi connectivity index (χ1v) is 17.3. The normalized spacial score (nSPS) is 18.4. The van der Waals surface area contributed by atoms with E-state index in [1.54, 1.807) is 14.4 Å². The second-order valence-electron chi connectivity index (χ2n) is 11.9. The Labute approximate surface area is 247 Å². The molecule has 0 heterocycles. The van der Waals surface area contributed by atoms with Crippen molar-refractivity contribution in [2.75, 3.05) is 0 Å². The number of benzene rings is 3. The predicted octanol–water partition coefficient (Wildman–Crippen LogP) is 2.69. The van der Waals surface area contributed by atoms with Gasteiger partial charge < -0.3 is 24.8 Å². The van der Waals surface area contributed by atoms with Crippen molar-refractivity contribution in [2.24, 2.45) is 0 Å². The Morgan fingerprint density at radius 1 is 0.763 bits per heavy atom. The summed E-state index contributed by atoms with van der Waals surface area (Å²) in [6, 6.07) is 21.3. The largest absolute Gasteiger partial charge is 1.00 e. The molecule has 0 spiro atoms. The summed E-state index contributed by atoms with van der Waals surface area (Å²) in [6.45, 7) is 9.44.